The van der Waals surface area contributed by atoms with E-state index in [1.165, 1.54) is 0 Å². The highest BCUT2D eigenvalue weighted by Crippen LogP contribution is 2.34. The summed E-state index contributed by atoms with van der Waals surface area (Å²) in [6.45, 7) is 5.54. The van der Waals surface area contributed by atoms with Gasteiger partial charge in [-0.3, -0.25) is 4.79 Å². The van der Waals surface area contributed by atoms with E-state index in [-0.39, 0.29) is 17.4 Å². The molecule has 0 saturated carbocycles. The Balaban J connectivity index is 1.68. The van der Waals surface area contributed by atoms with E-state index in [1.807, 2.05) is 18.7 Å². The standard InChI is InChI=1S/C17H25N3O4/c1-16(2)11-13(3-10-24-16)14(21)19-7-4-17(5-8-19,15(22)23)20-9-6-18-12-20/h6,9,12-13H,3-5,7-8,10-11H2,1-2H3,(H,22,23)/t13-/m1/s1. The number of carbonyl (C=O) groups is 2. The molecule has 1 amide bonds. The summed E-state index contributed by atoms with van der Waals surface area (Å²) in [7, 11) is 0. The molecule has 2 saturated heterocycles. The van der Waals surface area contributed by atoms with Crippen molar-refractivity contribution < 1.29 is 19.4 Å². The first-order chi connectivity index (χ1) is 11.3. The number of aromatic nitrogens is 2. The second-order valence-corrected chi connectivity index (χ2v) is 7.43. The van der Waals surface area contributed by atoms with Crippen LogP contribution in [-0.2, 0) is 19.9 Å². The number of imidazole rings is 1. The zero-order valence-corrected chi connectivity index (χ0v) is 14.3. The number of likely N-dealkylation sites (tertiary alicyclic amines) is 1. The number of carboxylic acids is 1. The van der Waals surface area contributed by atoms with Crippen LogP contribution < -0.4 is 0 Å². The number of ether oxygens (including phenoxy) is 1. The lowest BCUT2D eigenvalue weighted by Gasteiger charge is -2.42. The van der Waals surface area contributed by atoms with Crippen LogP contribution in [-0.4, -0.2) is 56.7 Å². The maximum absolute atomic E-state index is 12.8. The summed E-state index contributed by atoms with van der Waals surface area (Å²) >= 11 is 0. The van der Waals surface area contributed by atoms with Crippen molar-refractivity contribution in [2.45, 2.75) is 50.7 Å². The van der Waals surface area contributed by atoms with Crippen molar-refractivity contribution in [3.05, 3.63) is 18.7 Å². The fourth-order valence-electron chi connectivity index (χ4n) is 3.89. The number of carboxylic acid groups (broad SMARTS) is 1. The van der Waals surface area contributed by atoms with Crippen molar-refractivity contribution >= 4 is 11.9 Å². The normalized spacial score (nSPS) is 26.1. The van der Waals surface area contributed by atoms with E-state index in [0.717, 1.165) is 6.42 Å². The lowest BCUT2D eigenvalue weighted by Crippen LogP contribution is -2.53. The van der Waals surface area contributed by atoms with E-state index in [2.05, 4.69) is 4.98 Å². The SMILES string of the molecule is CC1(C)C[C@H](C(=O)N2CCC(C(=O)O)(n3ccnc3)CC2)CCO1. The van der Waals surface area contributed by atoms with Gasteiger partial charge in [-0.25, -0.2) is 9.78 Å². The molecule has 1 atom stereocenters. The fraction of sp³-hybridized carbons (Fsp3) is 0.706. The topological polar surface area (TPSA) is 84.7 Å². The molecule has 24 heavy (non-hydrogen) atoms. The Morgan fingerprint density at radius 3 is 2.54 bits per heavy atom. The van der Waals surface area contributed by atoms with Gasteiger partial charge in [0.15, 0.2) is 0 Å². The van der Waals surface area contributed by atoms with Crippen LogP contribution in [0.25, 0.3) is 0 Å². The average molecular weight is 335 g/mol. The van der Waals surface area contributed by atoms with E-state index < -0.39 is 11.5 Å². The number of aliphatic carboxylic acids is 1. The predicted molar refractivity (Wildman–Crippen MR) is 86.4 cm³/mol. The molecule has 0 radical (unpaired) electrons. The van der Waals surface area contributed by atoms with Gasteiger partial charge in [-0.1, -0.05) is 0 Å². The lowest BCUT2D eigenvalue weighted by molar-refractivity contribution is -0.156. The van der Waals surface area contributed by atoms with Gasteiger partial charge in [-0.15, -0.1) is 0 Å². The molecule has 1 aromatic heterocycles. The highest BCUT2D eigenvalue weighted by Gasteiger charge is 2.45. The van der Waals surface area contributed by atoms with Crippen LogP contribution >= 0.6 is 0 Å². The number of rotatable bonds is 3. The number of nitrogens with zero attached hydrogens (tertiary/aromatic N) is 3. The molecule has 3 rings (SSSR count). The molecule has 132 valence electrons. The molecule has 0 spiro atoms. The van der Waals surface area contributed by atoms with Crippen molar-refractivity contribution in [1.29, 1.82) is 0 Å². The Kier molecular flexibility index (Phi) is 4.38. The van der Waals surface area contributed by atoms with Crippen molar-refractivity contribution in [1.82, 2.24) is 14.5 Å². The second kappa shape index (κ2) is 6.20. The molecule has 7 heteroatoms. The summed E-state index contributed by atoms with van der Waals surface area (Å²) in [5.74, 6) is -0.755. The molecule has 2 aliphatic rings. The second-order valence-electron chi connectivity index (χ2n) is 7.43. The maximum atomic E-state index is 12.8. The van der Waals surface area contributed by atoms with Gasteiger partial charge in [-0.2, -0.15) is 0 Å². The largest absolute Gasteiger partial charge is 0.479 e. The van der Waals surface area contributed by atoms with Crippen LogP contribution in [0, 0.1) is 5.92 Å². The molecule has 0 aromatic carbocycles. The first-order valence-electron chi connectivity index (χ1n) is 8.49. The molecular weight excluding hydrogens is 310 g/mol. The van der Waals surface area contributed by atoms with Gasteiger partial charge < -0.3 is 19.3 Å². The van der Waals surface area contributed by atoms with Crippen LogP contribution in [0.15, 0.2) is 18.7 Å². The van der Waals surface area contributed by atoms with Crippen molar-refractivity contribution in [3.8, 4) is 0 Å². The zero-order chi connectivity index (χ0) is 17.4. The van der Waals surface area contributed by atoms with Crippen LogP contribution in [0.2, 0.25) is 0 Å². The van der Waals surface area contributed by atoms with Crippen LogP contribution in [0.3, 0.4) is 0 Å². The highest BCUT2D eigenvalue weighted by atomic mass is 16.5. The van der Waals surface area contributed by atoms with Crippen LogP contribution in [0.5, 0.6) is 0 Å². The van der Waals surface area contributed by atoms with E-state index in [9.17, 15) is 14.7 Å². The Morgan fingerprint density at radius 1 is 1.29 bits per heavy atom. The molecule has 7 nitrogen and oxygen atoms in total. The van der Waals surface area contributed by atoms with Gasteiger partial charge in [0.2, 0.25) is 5.91 Å². The lowest BCUT2D eigenvalue weighted by atomic mass is 9.84. The van der Waals surface area contributed by atoms with Gasteiger partial charge in [0.1, 0.15) is 5.54 Å². The summed E-state index contributed by atoms with van der Waals surface area (Å²) in [6, 6.07) is 0. The first-order valence-corrected chi connectivity index (χ1v) is 8.49. The molecule has 2 aliphatic heterocycles. The van der Waals surface area contributed by atoms with Crippen molar-refractivity contribution in [2.24, 2.45) is 5.92 Å². The Labute approximate surface area is 141 Å². The zero-order valence-electron chi connectivity index (χ0n) is 14.3. The third kappa shape index (κ3) is 3.05. The smallest absolute Gasteiger partial charge is 0.330 e. The Bertz CT molecular complexity index is 603. The summed E-state index contributed by atoms with van der Waals surface area (Å²) in [5, 5.41) is 9.73. The van der Waals surface area contributed by atoms with Gasteiger partial charge in [0.05, 0.1) is 11.9 Å². The Morgan fingerprint density at radius 2 is 2.00 bits per heavy atom. The van der Waals surface area contributed by atoms with E-state index in [4.69, 9.17) is 4.74 Å². The van der Waals surface area contributed by atoms with Gasteiger partial charge in [-0.05, 0) is 39.5 Å². The molecule has 0 unspecified atom stereocenters. The van der Waals surface area contributed by atoms with Crippen molar-refractivity contribution in [2.75, 3.05) is 19.7 Å². The molecule has 0 aliphatic carbocycles. The summed E-state index contributed by atoms with van der Waals surface area (Å²) in [4.78, 5) is 30.5. The Hall–Kier alpha value is -1.89. The minimum Gasteiger partial charge on any atom is -0.479 e. The van der Waals surface area contributed by atoms with E-state index >= 15 is 0 Å². The minimum absolute atomic E-state index is 0.0284. The molecule has 0 bridgehead atoms. The maximum Gasteiger partial charge on any atom is 0.330 e. The van der Waals surface area contributed by atoms with Gasteiger partial charge in [0.25, 0.3) is 0 Å². The average Bonchev–Trinajstić information content (AvgIpc) is 3.08. The highest BCUT2D eigenvalue weighted by molar-refractivity contribution is 5.81. The van der Waals surface area contributed by atoms with E-state index in [1.54, 1.807) is 23.3 Å². The quantitative estimate of drug-likeness (QED) is 0.905. The monoisotopic (exact) mass is 335 g/mol. The third-order valence-electron chi connectivity index (χ3n) is 5.35. The summed E-state index contributed by atoms with van der Waals surface area (Å²) < 4.78 is 7.35. The van der Waals surface area contributed by atoms with Crippen molar-refractivity contribution in [3.63, 3.8) is 0 Å². The van der Waals surface area contributed by atoms with E-state index in [0.29, 0.717) is 39.0 Å². The van der Waals surface area contributed by atoms with Gasteiger partial charge >= 0.3 is 5.97 Å². The predicted octanol–water partition coefficient (Wildman–Crippen LogP) is 1.49. The molecule has 2 fully saturated rings. The van der Waals surface area contributed by atoms with Crippen LogP contribution in [0.1, 0.15) is 39.5 Å². The number of hydrogen-bond donors (Lipinski definition) is 1. The molecule has 3 heterocycles. The number of piperidine rings is 1. The molecular formula is C17H25N3O4. The van der Waals surface area contributed by atoms with Crippen LogP contribution in [0.4, 0.5) is 0 Å². The summed E-state index contributed by atoms with van der Waals surface area (Å²) in [6.07, 6.45) is 7.08. The number of hydrogen-bond acceptors (Lipinski definition) is 4. The first kappa shape index (κ1) is 17.0. The number of carbonyl (C=O) groups excluding carboxylic acids is 1. The number of amides is 1. The molecule has 1 N–H and O–H groups in total. The van der Waals surface area contributed by atoms with Gasteiger partial charge in [0, 0.05) is 38.0 Å². The minimum atomic E-state index is -0.998. The summed E-state index contributed by atoms with van der Waals surface area (Å²) in [5.41, 5.74) is -1.27. The fourth-order valence-corrected chi connectivity index (χ4v) is 3.89. The third-order valence-corrected chi connectivity index (χ3v) is 5.35. The molecule has 1 aromatic rings.